The van der Waals surface area contributed by atoms with Crippen molar-refractivity contribution in [3.8, 4) is 5.75 Å². The minimum atomic E-state index is 0.187. The van der Waals surface area contributed by atoms with Crippen molar-refractivity contribution in [3.63, 3.8) is 0 Å². The van der Waals surface area contributed by atoms with E-state index in [1.807, 2.05) is 11.0 Å². The molecule has 1 amide bonds. The predicted molar refractivity (Wildman–Crippen MR) is 88.7 cm³/mol. The Hall–Kier alpha value is -1.97. The van der Waals surface area contributed by atoms with Crippen LogP contribution in [0.15, 0.2) is 18.2 Å². The molecule has 0 saturated heterocycles. The van der Waals surface area contributed by atoms with Gasteiger partial charge in [0.15, 0.2) is 0 Å². The SMILES string of the molecule is CCCCN1CCc2c(n(CC)c3ccc(OC)cc23)C1=O. The second-order valence-electron chi connectivity index (χ2n) is 5.85. The molecule has 4 nitrogen and oxygen atoms in total. The number of aromatic nitrogens is 1. The smallest absolute Gasteiger partial charge is 0.270 e. The largest absolute Gasteiger partial charge is 0.497 e. The zero-order valence-corrected chi connectivity index (χ0v) is 13.7. The molecule has 1 aliphatic rings. The number of benzene rings is 1. The summed E-state index contributed by atoms with van der Waals surface area (Å²) in [6, 6.07) is 6.11. The molecule has 0 saturated carbocycles. The van der Waals surface area contributed by atoms with Gasteiger partial charge >= 0.3 is 0 Å². The lowest BCUT2D eigenvalue weighted by Crippen LogP contribution is -2.39. The molecule has 0 N–H and O–H groups in total. The third kappa shape index (κ3) is 2.27. The van der Waals surface area contributed by atoms with Gasteiger partial charge in [0, 0.05) is 30.5 Å². The number of hydrogen-bond donors (Lipinski definition) is 0. The molecule has 3 rings (SSSR count). The molecule has 0 aliphatic carbocycles. The van der Waals surface area contributed by atoms with Crippen LogP contribution in [0.3, 0.4) is 0 Å². The molecule has 2 aromatic rings. The Morgan fingerprint density at radius 1 is 1.27 bits per heavy atom. The molecule has 4 heteroatoms. The van der Waals surface area contributed by atoms with Gasteiger partial charge in [0.2, 0.25) is 0 Å². The zero-order chi connectivity index (χ0) is 15.7. The van der Waals surface area contributed by atoms with Gasteiger partial charge in [-0.15, -0.1) is 0 Å². The van der Waals surface area contributed by atoms with Gasteiger partial charge in [-0.25, -0.2) is 0 Å². The molecule has 0 unspecified atom stereocenters. The van der Waals surface area contributed by atoms with E-state index in [1.54, 1.807) is 7.11 Å². The summed E-state index contributed by atoms with van der Waals surface area (Å²) in [6.07, 6.45) is 3.12. The van der Waals surface area contributed by atoms with E-state index in [2.05, 4.69) is 30.5 Å². The van der Waals surface area contributed by atoms with Gasteiger partial charge < -0.3 is 14.2 Å². The van der Waals surface area contributed by atoms with Crippen molar-refractivity contribution in [2.24, 2.45) is 0 Å². The Balaban J connectivity index is 2.11. The highest BCUT2D eigenvalue weighted by molar-refractivity contribution is 6.03. The first kappa shape index (κ1) is 14.9. The Morgan fingerprint density at radius 3 is 2.77 bits per heavy atom. The van der Waals surface area contributed by atoms with E-state index < -0.39 is 0 Å². The summed E-state index contributed by atoms with van der Waals surface area (Å²) in [5.41, 5.74) is 3.21. The summed E-state index contributed by atoms with van der Waals surface area (Å²) in [5, 5.41) is 1.17. The molecule has 1 aromatic heterocycles. The van der Waals surface area contributed by atoms with Gasteiger partial charge in [0.25, 0.3) is 5.91 Å². The van der Waals surface area contributed by atoms with Gasteiger partial charge in [-0.05, 0) is 43.5 Å². The number of aryl methyl sites for hydroxylation is 1. The highest BCUT2D eigenvalue weighted by atomic mass is 16.5. The number of hydrogen-bond acceptors (Lipinski definition) is 2. The van der Waals surface area contributed by atoms with Crippen LogP contribution >= 0.6 is 0 Å². The summed E-state index contributed by atoms with van der Waals surface area (Å²) >= 11 is 0. The van der Waals surface area contributed by atoms with Crippen molar-refractivity contribution < 1.29 is 9.53 Å². The minimum Gasteiger partial charge on any atom is -0.497 e. The van der Waals surface area contributed by atoms with Gasteiger partial charge in [0.05, 0.1) is 7.11 Å². The van der Waals surface area contributed by atoms with Crippen LogP contribution in [0.2, 0.25) is 0 Å². The van der Waals surface area contributed by atoms with Gasteiger partial charge in [-0.2, -0.15) is 0 Å². The Kier molecular flexibility index (Phi) is 4.10. The topological polar surface area (TPSA) is 34.5 Å². The second-order valence-corrected chi connectivity index (χ2v) is 5.85. The lowest BCUT2D eigenvalue weighted by Gasteiger charge is -2.28. The highest BCUT2D eigenvalue weighted by Crippen LogP contribution is 2.33. The number of amides is 1. The second kappa shape index (κ2) is 6.03. The molecular formula is C18H24N2O2. The molecular weight excluding hydrogens is 276 g/mol. The average Bonchev–Trinajstić information content (AvgIpc) is 2.87. The number of rotatable bonds is 5. The number of unbranched alkanes of at least 4 members (excludes halogenated alkanes) is 1. The molecule has 1 aromatic carbocycles. The van der Waals surface area contributed by atoms with Crippen LogP contribution in [0.1, 0.15) is 42.7 Å². The van der Waals surface area contributed by atoms with Crippen LogP contribution in [0, 0.1) is 0 Å². The van der Waals surface area contributed by atoms with Crippen molar-refractivity contribution in [1.29, 1.82) is 0 Å². The van der Waals surface area contributed by atoms with Crippen molar-refractivity contribution in [2.75, 3.05) is 20.2 Å². The Labute approximate surface area is 131 Å². The molecule has 0 radical (unpaired) electrons. The molecule has 2 heterocycles. The number of carbonyl (C=O) groups excluding carboxylic acids is 1. The van der Waals surface area contributed by atoms with Crippen LogP contribution < -0.4 is 4.74 Å². The highest BCUT2D eigenvalue weighted by Gasteiger charge is 2.30. The Morgan fingerprint density at radius 2 is 2.09 bits per heavy atom. The fourth-order valence-electron chi connectivity index (χ4n) is 3.42. The number of methoxy groups -OCH3 is 1. The van der Waals surface area contributed by atoms with Crippen molar-refractivity contribution in [2.45, 2.75) is 39.7 Å². The monoisotopic (exact) mass is 300 g/mol. The van der Waals surface area contributed by atoms with Crippen LogP contribution in [0.4, 0.5) is 0 Å². The molecule has 0 atom stereocenters. The summed E-state index contributed by atoms with van der Waals surface area (Å²) in [7, 11) is 1.68. The fourth-order valence-corrected chi connectivity index (χ4v) is 3.42. The number of carbonyl (C=O) groups is 1. The van der Waals surface area contributed by atoms with E-state index in [0.717, 1.165) is 55.9 Å². The first-order chi connectivity index (χ1) is 10.7. The third-order valence-corrected chi connectivity index (χ3v) is 4.59. The number of nitrogens with zero attached hydrogens (tertiary/aromatic N) is 2. The van der Waals surface area contributed by atoms with Crippen LogP contribution in [-0.2, 0) is 13.0 Å². The zero-order valence-electron chi connectivity index (χ0n) is 13.7. The van der Waals surface area contributed by atoms with E-state index in [-0.39, 0.29) is 5.91 Å². The first-order valence-electron chi connectivity index (χ1n) is 8.19. The van der Waals surface area contributed by atoms with E-state index in [4.69, 9.17) is 4.74 Å². The summed E-state index contributed by atoms with van der Waals surface area (Å²) in [4.78, 5) is 14.9. The Bertz CT molecular complexity index is 703. The van der Waals surface area contributed by atoms with E-state index in [9.17, 15) is 4.79 Å². The molecule has 1 aliphatic heterocycles. The summed E-state index contributed by atoms with van der Waals surface area (Å²) in [5.74, 6) is 1.04. The molecule has 118 valence electrons. The van der Waals surface area contributed by atoms with Crippen molar-refractivity contribution in [3.05, 3.63) is 29.5 Å². The number of fused-ring (bicyclic) bond motifs is 3. The fraction of sp³-hybridized carbons (Fsp3) is 0.500. The maximum atomic E-state index is 12.9. The lowest BCUT2D eigenvalue weighted by atomic mass is 10.0. The summed E-state index contributed by atoms with van der Waals surface area (Å²) < 4.78 is 7.51. The van der Waals surface area contributed by atoms with Crippen molar-refractivity contribution in [1.82, 2.24) is 9.47 Å². The van der Waals surface area contributed by atoms with Crippen LogP contribution in [0.25, 0.3) is 10.9 Å². The quantitative estimate of drug-likeness (QED) is 0.847. The number of ether oxygens (including phenoxy) is 1. The van der Waals surface area contributed by atoms with Gasteiger partial charge in [-0.3, -0.25) is 4.79 Å². The average molecular weight is 300 g/mol. The van der Waals surface area contributed by atoms with Crippen LogP contribution in [0.5, 0.6) is 5.75 Å². The maximum absolute atomic E-state index is 12.9. The molecule has 0 bridgehead atoms. The van der Waals surface area contributed by atoms with Crippen molar-refractivity contribution >= 4 is 16.8 Å². The molecule has 0 fully saturated rings. The standard InChI is InChI=1S/C18H24N2O2/c1-4-6-10-19-11-9-14-15-12-13(22-3)7-8-16(15)20(5-2)17(14)18(19)21/h7-8,12H,4-6,9-11H2,1-3H3. The minimum absolute atomic E-state index is 0.187. The van der Waals surface area contributed by atoms with Crippen LogP contribution in [-0.4, -0.2) is 35.6 Å². The third-order valence-electron chi connectivity index (χ3n) is 4.59. The normalized spacial score (nSPS) is 14.5. The van der Waals surface area contributed by atoms with E-state index >= 15 is 0 Å². The van der Waals surface area contributed by atoms with E-state index in [1.165, 1.54) is 10.9 Å². The molecule has 0 spiro atoms. The predicted octanol–water partition coefficient (Wildman–Crippen LogP) is 3.47. The van der Waals surface area contributed by atoms with Gasteiger partial charge in [-0.1, -0.05) is 13.3 Å². The first-order valence-corrected chi connectivity index (χ1v) is 8.19. The summed E-state index contributed by atoms with van der Waals surface area (Å²) in [6.45, 7) is 6.76. The van der Waals surface area contributed by atoms with E-state index in [0.29, 0.717) is 0 Å². The molecule has 22 heavy (non-hydrogen) atoms. The van der Waals surface area contributed by atoms with Gasteiger partial charge in [0.1, 0.15) is 11.4 Å². The maximum Gasteiger partial charge on any atom is 0.270 e. The lowest BCUT2D eigenvalue weighted by molar-refractivity contribution is 0.0726.